The van der Waals surface area contributed by atoms with E-state index < -0.39 is 12.1 Å². The minimum absolute atomic E-state index is 0.0617. The van der Waals surface area contributed by atoms with Crippen LogP contribution < -0.4 is 10.1 Å². The normalized spacial score (nSPS) is 11.9. The van der Waals surface area contributed by atoms with Gasteiger partial charge in [-0.15, -0.1) is 0 Å². The highest BCUT2D eigenvalue weighted by Crippen LogP contribution is 2.11. The number of hydrogen-bond donors (Lipinski definition) is 2. The van der Waals surface area contributed by atoms with E-state index in [2.05, 4.69) is 15.3 Å². The summed E-state index contributed by atoms with van der Waals surface area (Å²) < 4.78 is 10.4. The summed E-state index contributed by atoms with van der Waals surface area (Å²) in [5.74, 6) is 0.170. The van der Waals surface area contributed by atoms with Crippen LogP contribution in [0.25, 0.3) is 0 Å². The molecule has 0 amide bonds. The number of carboxylic acid groups (broad SMARTS) is 1. The first-order chi connectivity index (χ1) is 9.15. The van der Waals surface area contributed by atoms with Gasteiger partial charge in [0, 0.05) is 19.7 Å². The maximum Gasteiger partial charge on any atom is 0.306 e. The van der Waals surface area contributed by atoms with Crippen molar-refractivity contribution in [2.24, 2.45) is 0 Å². The van der Waals surface area contributed by atoms with Crippen molar-refractivity contribution in [3.63, 3.8) is 0 Å². The lowest BCUT2D eigenvalue weighted by Gasteiger charge is -2.14. The Bertz CT molecular complexity index is 400. The molecule has 0 bridgehead atoms. The minimum Gasteiger partial charge on any atom is -0.481 e. The van der Waals surface area contributed by atoms with E-state index in [0.717, 1.165) is 6.42 Å². The van der Waals surface area contributed by atoms with Crippen LogP contribution in [0.5, 0.6) is 5.88 Å². The van der Waals surface area contributed by atoms with Crippen LogP contribution in [0.4, 0.5) is 5.82 Å². The molecule has 1 heterocycles. The average Bonchev–Trinajstić information content (AvgIpc) is 2.41. The molecule has 106 valence electrons. The number of rotatable bonds is 9. The predicted octanol–water partition coefficient (Wildman–Crippen LogP) is 1.17. The number of aromatic nitrogens is 2. The van der Waals surface area contributed by atoms with Crippen molar-refractivity contribution in [3.05, 3.63) is 12.4 Å². The summed E-state index contributed by atoms with van der Waals surface area (Å²) in [4.78, 5) is 18.6. The number of nitrogens with zero attached hydrogens (tertiary/aromatic N) is 2. The van der Waals surface area contributed by atoms with Crippen molar-refractivity contribution in [2.75, 3.05) is 25.6 Å². The quantitative estimate of drug-likeness (QED) is 0.694. The molecule has 1 atom stereocenters. The van der Waals surface area contributed by atoms with Crippen LogP contribution in [-0.2, 0) is 9.53 Å². The summed E-state index contributed by atoms with van der Waals surface area (Å²) in [6.07, 6.45) is 1.82. The molecular formula is C12H19N3O4. The summed E-state index contributed by atoms with van der Waals surface area (Å²) in [5.41, 5.74) is 0. The number of carbonyl (C=O) groups is 1. The monoisotopic (exact) mass is 269 g/mol. The van der Waals surface area contributed by atoms with Crippen LogP contribution in [0.2, 0.25) is 0 Å². The van der Waals surface area contributed by atoms with Crippen molar-refractivity contribution in [2.45, 2.75) is 25.9 Å². The van der Waals surface area contributed by atoms with Crippen molar-refractivity contribution < 1.29 is 19.4 Å². The van der Waals surface area contributed by atoms with Gasteiger partial charge in [0.1, 0.15) is 12.1 Å². The number of ether oxygens (including phenoxy) is 2. The third kappa shape index (κ3) is 6.01. The molecule has 0 aromatic carbocycles. The van der Waals surface area contributed by atoms with E-state index in [1.54, 1.807) is 6.07 Å². The zero-order chi connectivity index (χ0) is 14.1. The number of aliphatic carboxylic acids is 1. The average molecular weight is 269 g/mol. The second-order valence-corrected chi connectivity index (χ2v) is 3.93. The molecule has 0 aliphatic heterocycles. The van der Waals surface area contributed by atoms with Crippen molar-refractivity contribution in [3.8, 4) is 5.88 Å². The second-order valence-electron chi connectivity index (χ2n) is 3.93. The zero-order valence-electron chi connectivity index (χ0n) is 11.1. The first-order valence-electron chi connectivity index (χ1n) is 6.09. The number of hydrogen-bond acceptors (Lipinski definition) is 6. The van der Waals surface area contributed by atoms with Gasteiger partial charge in [-0.3, -0.25) is 4.79 Å². The molecule has 0 spiro atoms. The summed E-state index contributed by atoms with van der Waals surface area (Å²) in [5, 5.41) is 11.7. The number of nitrogens with one attached hydrogen (secondary N) is 1. The Labute approximate surface area is 112 Å². The molecule has 0 saturated carbocycles. The van der Waals surface area contributed by atoms with E-state index in [1.165, 1.54) is 13.4 Å². The first kappa shape index (κ1) is 15.2. The molecule has 0 aliphatic rings. The van der Waals surface area contributed by atoms with E-state index in [9.17, 15) is 4.79 Å². The molecule has 1 aromatic rings. The minimum atomic E-state index is -0.900. The van der Waals surface area contributed by atoms with E-state index in [0.29, 0.717) is 24.8 Å². The Balaban J connectivity index is 2.49. The Morgan fingerprint density at radius 2 is 2.32 bits per heavy atom. The second kappa shape index (κ2) is 8.25. The third-order valence-corrected chi connectivity index (χ3v) is 2.34. The standard InChI is InChI=1S/C12H19N3O4/c1-3-4-19-11-6-10(14-8-15-11)13-7-9(18-2)5-12(16)17/h6,8-9H,3-5,7H2,1-2H3,(H,16,17)(H,13,14,15). The molecule has 2 N–H and O–H groups in total. The van der Waals surface area contributed by atoms with Gasteiger partial charge in [-0.05, 0) is 6.42 Å². The highest BCUT2D eigenvalue weighted by atomic mass is 16.5. The zero-order valence-corrected chi connectivity index (χ0v) is 11.1. The Kier molecular flexibility index (Phi) is 6.59. The van der Waals surface area contributed by atoms with Gasteiger partial charge in [-0.1, -0.05) is 6.92 Å². The lowest BCUT2D eigenvalue weighted by molar-refractivity contribution is -0.139. The molecule has 1 unspecified atom stereocenters. The van der Waals surface area contributed by atoms with Crippen molar-refractivity contribution in [1.29, 1.82) is 0 Å². The molecule has 19 heavy (non-hydrogen) atoms. The van der Waals surface area contributed by atoms with E-state index in [-0.39, 0.29) is 6.42 Å². The van der Waals surface area contributed by atoms with Gasteiger partial charge >= 0.3 is 5.97 Å². The van der Waals surface area contributed by atoms with Gasteiger partial charge in [0.15, 0.2) is 0 Å². The van der Waals surface area contributed by atoms with Gasteiger partial charge in [-0.2, -0.15) is 0 Å². The SMILES string of the molecule is CCCOc1cc(NCC(CC(=O)O)OC)ncn1. The molecular weight excluding hydrogens is 250 g/mol. The van der Waals surface area contributed by atoms with Crippen LogP contribution >= 0.6 is 0 Å². The third-order valence-electron chi connectivity index (χ3n) is 2.34. The molecule has 0 fully saturated rings. The Morgan fingerprint density at radius 1 is 1.53 bits per heavy atom. The van der Waals surface area contributed by atoms with E-state index >= 15 is 0 Å². The molecule has 1 aromatic heterocycles. The number of methoxy groups -OCH3 is 1. The molecule has 7 heteroatoms. The highest BCUT2D eigenvalue weighted by molar-refractivity contribution is 5.67. The Hall–Kier alpha value is -1.89. The highest BCUT2D eigenvalue weighted by Gasteiger charge is 2.12. The summed E-state index contributed by atoms with van der Waals surface area (Å²) in [6, 6.07) is 1.67. The fourth-order valence-corrected chi connectivity index (χ4v) is 1.37. The van der Waals surface area contributed by atoms with Gasteiger partial charge in [0.2, 0.25) is 5.88 Å². The first-order valence-corrected chi connectivity index (χ1v) is 6.09. The molecule has 0 aliphatic carbocycles. The summed E-state index contributed by atoms with van der Waals surface area (Å²) in [7, 11) is 1.48. The fraction of sp³-hybridized carbons (Fsp3) is 0.583. The smallest absolute Gasteiger partial charge is 0.306 e. The predicted molar refractivity (Wildman–Crippen MR) is 69.4 cm³/mol. The maximum atomic E-state index is 10.6. The molecule has 7 nitrogen and oxygen atoms in total. The topological polar surface area (TPSA) is 93.6 Å². The fourth-order valence-electron chi connectivity index (χ4n) is 1.37. The van der Waals surface area contributed by atoms with Crippen molar-refractivity contribution >= 4 is 11.8 Å². The van der Waals surface area contributed by atoms with Crippen molar-refractivity contribution in [1.82, 2.24) is 9.97 Å². The van der Waals surface area contributed by atoms with Crippen LogP contribution in [0.3, 0.4) is 0 Å². The largest absolute Gasteiger partial charge is 0.481 e. The van der Waals surface area contributed by atoms with Crippen LogP contribution in [-0.4, -0.2) is 47.4 Å². The van der Waals surface area contributed by atoms with Crippen LogP contribution in [0, 0.1) is 0 Å². The van der Waals surface area contributed by atoms with Gasteiger partial charge in [-0.25, -0.2) is 9.97 Å². The maximum absolute atomic E-state index is 10.6. The molecule has 1 rings (SSSR count). The summed E-state index contributed by atoms with van der Waals surface area (Å²) >= 11 is 0. The van der Waals surface area contributed by atoms with Crippen LogP contribution in [0.1, 0.15) is 19.8 Å². The van der Waals surface area contributed by atoms with Gasteiger partial charge in [0.25, 0.3) is 0 Å². The van der Waals surface area contributed by atoms with E-state index in [4.69, 9.17) is 14.6 Å². The lowest BCUT2D eigenvalue weighted by atomic mass is 10.2. The Morgan fingerprint density at radius 3 is 2.95 bits per heavy atom. The number of anilines is 1. The molecule has 0 radical (unpaired) electrons. The lowest BCUT2D eigenvalue weighted by Crippen LogP contribution is -2.25. The summed E-state index contributed by atoms with van der Waals surface area (Å²) in [6.45, 7) is 2.96. The van der Waals surface area contributed by atoms with E-state index in [1.807, 2.05) is 6.92 Å². The van der Waals surface area contributed by atoms with Gasteiger partial charge in [0.05, 0.1) is 19.1 Å². The van der Waals surface area contributed by atoms with Crippen LogP contribution in [0.15, 0.2) is 12.4 Å². The van der Waals surface area contributed by atoms with Gasteiger partial charge < -0.3 is 19.9 Å². The molecule has 0 saturated heterocycles. The number of carboxylic acids is 1.